The van der Waals surface area contributed by atoms with Crippen molar-refractivity contribution >= 4 is 21.4 Å². The minimum atomic E-state index is 0.852. The van der Waals surface area contributed by atoms with Crippen LogP contribution in [0.5, 0.6) is 0 Å². The normalized spacial score (nSPS) is 13.2. The molecule has 0 N–H and O–H groups in total. The Balaban J connectivity index is 1.92. The smallest absolute Gasteiger partial charge is 0.0351 e. The van der Waals surface area contributed by atoms with E-state index in [2.05, 4.69) is 52.8 Å². The summed E-state index contributed by atoms with van der Waals surface area (Å²) in [5, 5.41) is 1.47. The van der Waals surface area contributed by atoms with E-state index in [0.717, 1.165) is 11.8 Å². The maximum Gasteiger partial charge on any atom is 0.0351 e. The third-order valence-corrected chi connectivity index (χ3v) is 5.85. The second kappa shape index (κ2) is 7.45. The summed E-state index contributed by atoms with van der Waals surface area (Å²) in [6, 6.07) is 6.87. The summed E-state index contributed by atoms with van der Waals surface area (Å²) in [4.78, 5) is 1.60. The second-order valence-electron chi connectivity index (χ2n) is 7.12. The molecule has 0 aliphatic heterocycles. The van der Waals surface area contributed by atoms with Crippen LogP contribution in [0.3, 0.4) is 0 Å². The minimum absolute atomic E-state index is 0.852. The van der Waals surface area contributed by atoms with E-state index in [0.29, 0.717) is 0 Å². The van der Waals surface area contributed by atoms with Gasteiger partial charge in [0.25, 0.3) is 0 Å². The lowest BCUT2D eigenvalue weighted by atomic mass is 9.95. The van der Waals surface area contributed by atoms with Crippen molar-refractivity contribution in [3.8, 4) is 0 Å². The van der Waals surface area contributed by atoms with E-state index < -0.39 is 0 Å². The van der Waals surface area contributed by atoms with Gasteiger partial charge in [0.1, 0.15) is 0 Å². The Morgan fingerprint density at radius 2 is 1.76 bits per heavy atom. The van der Waals surface area contributed by atoms with E-state index in [-0.39, 0.29) is 0 Å². The Morgan fingerprint density at radius 1 is 1.00 bits per heavy atom. The van der Waals surface area contributed by atoms with E-state index in [4.69, 9.17) is 0 Å². The van der Waals surface area contributed by atoms with Gasteiger partial charge in [0, 0.05) is 9.58 Å². The Bertz CT molecular complexity index is 577. The lowest BCUT2D eigenvalue weighted by Crippen LogP contribution is -1.98. The van der Waals surface area contributed by atoms with Gasteiger partial charge in [-0.25, -0.2) is 0 Å². The van der Waals surface area contributed by atoms with Gasteiger partial charge in [-0.2, -0.15) is 0 Å². The van der Waals surface area contributed by atoms with Crippen molar-refractivity contribution in [1.82, 2.24) is 0 Å². The van der Waals surface area contributed by atoms with Crippen molar-refractivity contribution in [2.24, 2.45) is 11.8 Å². The molecular weight excluding hydrogens is 272 g/mol. The zero-order chi connectivity index (χ0) is 15.4. The fraction of sp³-hybridized carbons (Fsp3) is 0.600. The van der Waals surface area contributed by atoms with Gasteiger partial charge in [-0.3, -0.25) is 0 Å². The van der Waals surface area contributed by atoms with Gasteiger partial charge in [-0.1, -0.05) is 52.2 Å². The highest BCUT2D eigenvalue weighted by Crippen LogP contribution is 2.33. The van der Waals surface area contributed by atoms with Crippen LogP contribution in [-0.4, -0.2) is 0 Å². The standard InChI is InChI=1S/C20H30S/c1-14(2)7-6-8-15(3)10-12-19-17(5)18-11-9-16(4)13-20(18)21-19/h9,11,13-15H,6-8,10,12H2,1-5H3. The van der Waals surface area contributed by atoms with Gasteiger partial charge >= 0.3 is 0 Å². The van der Waals surface area contributed by atoms with Crippen molar-refractivity contribution in [2.45, 2.75) is 66.7 Å². The highest BCUT2D eigenvalue weighted by Gasteiger charge is 2.10. The number of rotatable bonds is 7. The molecule has 21 heavy (non-hydrogen) atoms. The van der Waals surface area contributed by atoms with Crippen LogP contribution in [0.15, 0.2) is 18.2 Å². The molecule has 0 saturated carbocycles. The summed E-state index contributed by atoms with van der Waals surface area (Å²) in [5.41, 5.74) is 2.89. The molecule has 0 aliphatic carbocycles. The van der Waals surface area contributed by atoms with Gasteiger partial charge in [0.2, 0.25) is 0 Å². The molecule has 0 radical (unpaired) electrons. The van der Waals surface area contributed by atoms with E-state index in [1.165, 1.54) is 53.3 Å². The van der Waals surface area contributed by atoms with Crippen molar-refractivity contribution < 1.29 is 0 Å². The number of benzene rings is 1. The first-order valence-electron chi connectivity index (χ1n) is 8.46. The third-order valence-electron chi connectivity index (χ3n) is 4.54. The lowest BCUT2D eigenvalue weighted by molar-refractivity contribution is 0.437. The molecule has 0 bridgehead atoms. The monoisotopic (exact) mass is 302 g/mol. The van der Waals surface area contributed by atoms with E-state index in [1.54, 1.807) is 4.88 Å². The van der Waals surface area contributed by atoms with E-state index in [9.17, 15) is 0 Å². The largest absolute Gasteiger partial charge is 0.140 e. The van der Waals surface area contributed by atoms with Crippen LogP contribution in [0.25, 0.3) is 10.1 Å². The average Bonchev–Trinajstić information content (AvgIpc) is 2.72. The summed E-state index contributed by atoms with van der Waals surface area (Å²) in [6.07, 6.45) is 6.76. The molecule has 2 rings (SSSR count). The molecule has 1 heteroatoms. The molecule has 2 aromatic rings. The van der Waals surface area contributed by atoms with Gasteiger partial charge in [0.05, 0.1) is 0 Å². The molecule has 1 unspecified atom stereocenters. The molecule has 0 aliphatic rings. The molecule has 0 amide bonds. The Morgan fingerprint density at radius 3 is 2.48 bits per heavy atom. The highest BCUT2D eigenvalue weighted by molar-refractivity contribution is 7.19. The topological polar surface area (TPSA) is 0 Å². The summed E-state index contributed by atoms with van der Waals surface area (Å²) in [6.45, 7) is 11.6. The lowest BCUT2D eigenvalue weighted by Gasteiger charge is -2.12. The Kier molecular flexibility index (Phi) is 5.87. The van der Waals surface area contributed by atoms with Gasteiger partial charge in [-0.15, -0.1) is 11.3 Å². The maximum atomic E-state index is 2.42. The first-order chi connectivity index (χ1) is 9.97. The van der Waals surface area contributed by atoms with Crippen LogP contribution in [0, 0.1) is 25.7 Å². The summed E-state index contributed by atoms with van der Waals surface area (Å²) < 4.78 is 1.47. The van der Waals surface area contributed by atoms with Crippen LogP contribution in [0.4, 0.5) is 0 Å². The molecule has 116 valence electrons. The first kappa shape index (κ1) is 16.5. The number of fused-ring (bicyclic) bond motifs is 1. The predicted octanol–water partition coefficient (Wildman–Crippen LogP) is 6.91. The Hall–Kier alpha value is -0.820. The third kappa shape index (κ3) is 4.57. The van der Waals surface area contributed by atoms with Crippen molar-refractivity contribution in [3.63, 3.8) is 0 Å². The highest BCUT2D eigenvalue weighted by atomic mass is 32.1. The van der Waals surface area contributed by atoms with Crippen LogP contribution in [0.2, 0.25) is 0 Å². The van der Waals surface area contributed by atoms with Crippen LogP contribution < -0.4 is 0 Å². The van der Waals surface area contributed by atoms with E-state index >= 15 is 0 Å². The molecule has 0 saturated heterocycles. The van der Waals surface area contributed by atoms with Gasteiger partial charge in [-0.05, 0) is 61.1 Å². The molecular formula is C20H30S. The first-order valence-corrected chi connectivity index (χ1v) is 9.27. The number of aryl methyl sites for hydroxylation is 3. The fourth-order valence-electron chi connectivity index (χ4n) is 3.02. The fourth-order valence-corrected chi connectivity index (χ4v) is 4.34. The number of thiophene rings is 1. The molecule has 1 aromatic heterocycles. The predicted molar refractivity (Wildman–Crippen MR) is 97.5 cm³/mol. The van der Waals surface area contributed by atoms with Crippen molar-refractivity contribution in [1.29, 1.82) is 0 Å². The maximum absolute atomic E-state index is 2.42. The average molecular weight is 303 g/mol. The van der Waals surface area contributed by atoms with Crippen molar-refractivity contribution in [3.05, 3.63) is 34.2 Å². The van der Waals surface area contributed by atoms with Crippen LogP contribution >= 0.6 is 11.3 Å². The minimum Gasteiger partial charge on any atom is -0.140 e. The zero-order valence-electron chi connectivity index (χ0n) is 14.3. The molecule has 1 heterocycles. The molecule has 0 nitrogen and oxygen atoms in total. The van der Waals surface area contributed by atoms with E-state index in [1.807, 2.05) is 11.3 Å². The van der Waals surface area contributed by atoms with Crippen LogP contribution in [0.1, 0.15) is 62.5 Å². The molecule has 1 aromatic carbocycles. The number of hydrogen-bond acceptors (Lipinski definition) is 1. The quantitative estimate of drug-likeness (QED) is 0.521. The summed E-state index contributed by atoms with van der Waals surface area (Å²) in [5.74, 6) is 1.71. The second-order valence-corrected chi connectivity index (χ2v) is 8.26. The summed E-state index contributed by atoms with van der Waals surface area (Å²) >= 11 is 2.01. The molecule has 0 fully saturated rings. The zero-order valence-corrected chi connectivity index (χ0v) is 15.1. The summed E-state index contributed by atoms with van der Waals surface area (Å²) in [7, 11) is 0. The SMILES string of the molecule is Cc1ccc2c(C)c(CCC(C)CCCC(C)C)sc2c1. The molecule has 1 atom stereocenters. The van der Waals surface area contributed by atoms with Crippen LogP contribution in [-0.2, 0) is 6.42 Å². The van der Waals surface area contributed by atoms with Gasteiger partial charge in [0.15, 0.2) is 0 Å². The number of hydrogen-bond donors (Lipinski definition) is 0. The van der Waals surface area contributed by atoms with Gasteiger partial charge < -0.3 is 0 Å². The van der Waals surface area contributed by atoms with Crippen molar-refractivity contribution in [2.75, 3.05) is 0 Å². The molecule has 0 spiro atoms. The Labute approximate surface area is 134 Å².